The number of carboxylic acid groups (broad SMARTS) is 1. The maximum atomic E-state index is 13.0. The molecule has 29 heavy (non-hydrogen) atoms. The van der Waals surface area contributed by atoms with Crippen molar-refractivity contribution in [2.45, 2.75) is 50.8 Å². The first-order chi connectivity index (χ1) is 14.0. The Kier molecular flexibility index (Phi) is 4.87. The molecule has 1 aliphatic heterocycles. The molecule has 0 aromatic heterocycles. The number of amides is 1. The molecule has 0 spiro atoms. The van der Waals surface area contributed by atoms with E-state index in [1.54, 1.807) is 0 Å². The summed E-state index contributed by atoms with van der Waals surface area (Å²) >= 11 is 0. The minimum atomic E-state index is -0.631. The second-order valence-electron chi connectivity index (χ2n) is 9.67. The zero-order chi connectivity index (χ0) is 20.0. The first-order valence-corrected chi connectivity index (χ1v) is 10.9. The number of ether oxygens (including phenoxy) is 1. The molecule has 2 N–H and O–H groups in total. The van der Waals surface area contributed by atoms with Crippen LogP contribution in [0.5, 0.6) is 0 Å². The summed E-state index contributed by atoms with van der Waals surface area (Å²) in [5.41, 5.74) is 0.708. The van der Waals surface area contributed by atoms with E-state index in [9.17, 15) is 14.7 Å². The van der Waals surface area contributed by atoms with Gasteiger partial charge in [-0.05, 0) is 55.4 Å². The van der Waals surface area contributed by atoms with E-state index in [1.165, 1.54) is 5.56 Å². The van der Waals surface area contributed by atoms with Crippen molar-refractivity contribution in [3.05, 3.63) is 35.9 Å². The summed E-state index contributed by atoms with van der Waals surface area (Å²) < 4.78 is 5.81. The highest BCUT2D eigenvalue weighted by atomic mass is 16.5. The molecular formula is C23H30N2O4. The molecule has 1 heterocycles. The lowest BCUT2D eigenvalue weighted by Crippen LogP contribution is -2.62. The highest BCUT2D eigenvalue weighted by Gasteiger charge is 2.59. The van der Waals surface area contributed by atoms with Crippen LogP contribution in [0.2, 0.25) is 0 Å². The Labute approximate surface area is 171 Å². The predicted molar refractivity (Wildman–Crippen MR) is 107 cm³/mol. The number of hydrogen-bond donors (Lipinski definition) is 2. The van der Waals surface area contributed by atoms with Crippen molar-refractivity contribution >= 4 is 11.9 Å². The van der Waals surface area contributed by atoms with Crippen molar-refractivity contribution in [1.82, 2.24) is 10.2 Å². The summed E-state index contributed by atoms with van der Waals surface area (Å²) in [6, 6.07) is 10.4. The van der Waals surface area contributed by atoms with Crippen LogP contribution in [0.3, 0.4) is 0 Å². The van der Waals surface area contributed by atoms with Crippen LogP contribution in [0.15, 0.2) is 30.3 Å². The van der Waals surface area contributed by atoms with Crippen molar-refractivity contribution < 1.29 is 19.4 Å². The van der Waals surface area contributed by atoms with Gasteiger partial charge in [-0.25, -0.2) is 0 Å². The van der Waals surface area contributed by atoms with Crippen LogP contribution in [-0.4, -0.2) is 53.7 Å². The van der Waals surface area contributed by atoms with Gasteiger partial charge in [0, 0.05) is 25.7 Å². The monoisotopic (exact) mass is 398 g/mol. The van der Waals surface area contributed by atoms with Gasteiger partial charge >= 0.3 is 5.97 Å². The van der Waals surface area contributed by atoms with Gasteiger partial charge in [-0.1, -0.05) is 30.3 Å². The van der Waals surface area contributed by atoms with Gasteiger partial charge in [0.15, 0.2) is 0 Å². The minimum absolute atomic E-state index is 0.0235. The Morgan fingerprint density at radius 2 is 1.86 bits per heavy atom. The molecule has 1 amide bonds. The average Bonchev–Trinajstić information content (AvgIpc) is 2.71. The van der Waals surface area contributed by atoms with Gasteiger partial charge in [0.2, 0.25) is 0 Å². The molecule has 6 rings (SSSR count). The fourth-order valence-electron chi connectivity index (χ4n) is 6.63. The molecule has 4 bridgehead atoms. The van der Waals surface area contributed by atoms with Crippen LogP contribution >= 0.6 is 0 Å². The fourth-order valence-corrected chi connectivity index (χ4v) is 6.63. The van der Waals surface area contributed by atoms with Crippen LogP contribution < -0.4 is 5.32 Å². The van der Waals surface area contributed by atoms with E-state index in [4.69, 9.17) is 4.74 Å². The lowest BCUT2D eigenvalue weighted by Gasteiger charge is -2.58. The minimum Gasteiger partial charge on any atom is -0.481 e. The van der Waals surface area contributed by atoms with Crippen LogP contribution in [0.4, 0.5) is 0 Å². The second kappa shape index (κ2) is 7.40. The van der Waals surface area contributed by atoms with Crippen molar-refractivity contribution in [3.8, 4) is 0 Å². The van der Waals surface area contributed by atoms with E-state index in [0.29, 0.717) is 43.7 Å². The maximum absolute atomic E-state index is 13.0. The van der Waals surface area contributed by atoms with E-state index in [2.05, 4.69) is 22.3 Å². The van der Waals surface area contributed by atoms with Crippen molar-refractivity contribution in [2.75, 3.05) is 19.7 Å². The number of nitrogens with zero attached hydrogens (tertiary/aromatic N) is 1. The third kappa shape index (κ3) is 3.57. The van der Waals surface area contributed by atoms with Gasteiger partial charge in [-0.2, -0.15) is 0 Å². The number of rotatable bonds is 5. The SMILES string of the molecule is O=C(NC1C2CC3CC1CC(C(=O)O)(C3)C2)[C@@H]1CN(Cc2ccccc2)CCO1. The molecule has 5 aliphatic rings. The number of aliphatic carboxylic acids is 1. The van der Waals surface area contributed by atoms with Gasteiger partial charge in [0.1, 0.15) is 6.10 Å². The number of carbonyl (C=O) groups excluding carboxylic acids is 1. The normalized spacial score (nSPS) is 38.7. The summed E-state index contributed by atoms with van der Waals surface area (Å²) in [5, 5.41) is 13.1. The van der Waals surface area contributed by atoms with E-state index in [0.717, 1.165) is 32.4 Å². The number of benzene rings is 1. The van der Waals surface area contributed by atoms with E-state index in [-0.39, 0.29) is 11.9 Å². The Morgan fingerprint density at radius 3 is 2.55 bits per heavy atom. The summed E-state index contributed by atoms with van der Waals surface area (Å²) in [6.07, 6.45) is 3.93. The summed E-state index contributed by atoms with van der Waals surface area (Å²) in [5.74, 6) is 0.457. The predicted octanol–water partition coefficient (Wildman–Crippen LogP) is 2.28. The molecule has 1 aromatic carbocycles. The Hall–Kier alpha value is -1.92. The molecule has 6 nitrogen and oxygen atoms in total. The topological polar surface area (TPSA) is 78.9 Å². The number of morpholine rings is 1. The summed E-state index contributed by atoms with van der Waals surface area (Å²) in [4.78, 5) is 27.2. The lowest BCUT2D eigenvalue weighted by molar-refractivity contribution is -0.168. The Balaban J connectivity index is 1.21. The zero-order valence-electron chi connectivity index (χ0n) is 16.8. The molecule has 4 saturated carbocycles. The lowest BCUT2D eigenvalue weighted by atomic mass is 9.48. The Morgan fingerprint density at radius 1 is 1.14 bits per heavy atom. The van der Waals surface area contributed by atoms with Crippen molar-refractivity contribution in [3.63, 3.8) is 0 Å². The molecule has 1 aromatic rings. The van der Waals surface area contributed by atoms with Gasteiger partial charge in [-0.15, -0.1) is 0 Å². The molecule has 2 unspecified atom stereocenters. The van der Waals surface area contributed by atoms with Crippen LogP contribution in [0, 0.1) is 23.2 Å². The molecular weight excluding hydrogens is 368 g/mol. The van der Waals surface area contributed by atoms with Crippen LogP contribution in [0.1, 0.15) is 37.7 Å². The maximum Gasteiger partial charge on any atom is 0.309 e. The Bertz CT molecular complexity index is 766. The van der Waals surface area contributed by atoms with Gasteiger partial charge in [-0.3, -0.25) is 14.5 Å². The van der Waals surface area contributed by atoms with Crippen LogP contribution in [0.25, 0.3) is 0 Å². The van der Waals surface area contributed by atoms with Crippen LogP contribution in [-0.2, 0) is 20.9 Å². The van der Waals surface area contributed by atoms with Crippen molar-refractivity contribution in [2.24, 2.45) is 23.2 Å². The largest absolute Gasteiger partial charge is 0.481 e. The van der Waals surface area contributed by atoms with E-state index >= 15 is 0 Å². The standard InChI is InChI=1S/C23H30N2O4/c26-21(19-14-25(6-7-29-19)13-15-4-2-1-3-5-15)24-20-17-8-16-9-18(20)12-23(10-16,11-17)22(27)28/h1-5,16-20H,6-14H2,(H,24,26)(H,27,28)/t16?,17?,18?,19-,20?,23?/m0/s1. The number of hydrogen-bond acceptors (Lipinski definition) is 4. The van der Waals surface area contributed by atoms with Gasteiger partial charge < -0.3 is 15.2 Å². The third-order valence-electron chi connectivity index (χ3n) is 7.73. The zero-order valence-corrected chi connectivity index (χ0v) is 16.8. The highest BCUT2D eigenvalue weighted by Crippen LogP contribution is 2.60. The van der Waals surface area contributed by atoms with E-state index in [1.807, 2.05) is 18.2 Å². The number of nitrogens with one attached hydrogen (secondary N) is 1. The molecule has 156 valence electrons. The van der Waals surface area contributed by atoms with Gasteiger partial charge in [0.05, 0.1) is 12.0 Å². The first kappa shape index (κ1) is 19.1. The number of carbonyl (C=O) groups is 2. The molecule has 4 aliphatic carbocycles. The quantitative estimate of drug-likeness (QED) is 0.796. The molecule has 3 atom stereocenters. The van der Waals surface area contributed by atoms with E-state index < -0.39 is 17.5 Å². The fraction of sp³-hybridized carbons (Fsp3) is 0.652. The number of carboxylic acids is 1. The van der Waals surface area contributed by atoms with Gasteiger partial charge in [0.25, 0.3) is 5.91 Å². The van der Waals surface area contributed by atoms with Crippen molar-refractivity contribution in [1.29, 1.82) is 0 Å². The molecule has 6 heteroatoms. The summed E-state index contributed by atoms with van der Waals surface area (Å²) in [6.45, 7) is 2.82. The smallest absolute Gasteiger partial charge is 0.309 e. The third-order valence-corrected chi connectivity index (χ3v) is 7.73. The first-order valence-electron chi connectivity index (χ1n) is 10.9. The molecule has 0 radical (unpaired) electrons. The second-order valence-corrected chi connectivity index (χ2v) is 9.67. The average molecular weight is 399 g/mol. The molecule has 5 fully saturated rings. The summed E-state index contributed by atoms with van der Waals surface area (Å²) in [7, 11) is 0. The highest BCUT2D eigenvalue weighted by molar-refractivity contribution is 5.82. The molecule has 1 saturated heterocycles.